The molecule has 4 aliphatic rings. The summed E-state index contributed by atoms with van der Waals surface area (Å²) in [6.07, 6.45) is 9.82. The first-order valence-electron chi connectivity index (χ1n) is 12.6. The molecule has 1 spiro atoms. The quantitative estimate of drug-likeness (QED) is 0.453. The largest absolute Gasteiger partial charge is 0.396 e. The molecule has 0 aromatic heterocycles. The molecule has 3 saturated heterocycles. The predicted molar refractivity (Wildman–Crippen MR) is 125 cm³/mol. The Morgan fingerprint density at radius 2 is 1.84 bits per heavy atom. The van der Waals surface area contributed by atoms with E-state index in [4.69, 9.17) is 5.11 Å². The molecular weight excluding hydrogens is 426 g/mol. The van der Waals surface area contributed by atoms with Gasteiger partial charge in [0.25, 0.3) is 0 Å². The first-order chi connectivity index (χ1) is 15.5. The summed E-state index contributed by atoms with van der Waals surface area (Å²) < 4.78 is -0.511. The van der Waals surface area contributed by atoms with E-state index >= 15 is 0 Å². The number of carbonyl (C=O) groups is 3. The number of thioether (sulfide) groups is 1. The van der Waals surface area contributed by atoms with Gasteiger partial charge in [0, 0.05) is 31.5 Å². The second-order valence-corrected chi connectivity index (χ2v) is 11.7. The number of nitrogens with zero attached hydrogens (tertiary/aromatic N) is 1. The van der Waals surface area contributed by atoms with E-state index in [0.717, 1.165) is 57.8 Å². The second-order valence-electron chi connectivity index (χ2n) is 10.2. The molecule has 7 nitrogen and oxygen atoms in total. The maximum atomic E-state index is 13.8. The van der Waals surface area contributed by atoms with Crippen molar-refractivity contribution >= 4 is 29.5 Å². The van der Waals surface area contributed by atoms with Crippen LogP contribution in [-0.4, -0.2) is 70.0 Å². The zero-order valence-electron chi connectivity index (χ0n) is 19.5. The molecule has 6 atom stereocenters. The van der Waals surface area contributed by atoms with Gasteiger partial charge < -0.3 is 20.6 Å². The number of aliphatic hydroxyl groups excluding tert-OH is 1. The van der Waals surface area contributed by atoms with E-state index in [2.05, 4.69) is 17.6 Å². The van der Waals surface area contributed by atoms with Gasteiger partial charge in [0.05, 0.1) is 16.6 Å². The number of amides is 3. The minimum Gasteiger partial charge on any atom is -0.396 e. The maximum Gasteiger partial charge on any atom is 0.244 e. The average molecular weight is 466 g/mol. The van der Waals surface area contributed by atoms with Crippen LogP contribution in [0, 0.1) is 17.8 Å². The van der Waals surface area contributed by atoms with Gasteiger partial charge in [-0.15, -0.1) is 11.8 Å². The standard InChI is InChI=1S/C24H39N3O4S/c1-15-14-17-18(21(29)25-2)19-23(31)27(12-8-3-4-9-13-28)20(24(15,19)32-17)22(30)26-16-10-6-5-7-11-16/h15-20,28H,3-14H2,1-2H3,(H,25,29)(H,26,30)/t15?,17-,18+,19+,20?,24?/m1/s1. The molecule has 2 bridgehead atoms. The lowest BCUT2D eigenvalue weighted by Gasteiger charge is -2.39. The molecule has 3 N–H and O–H groups in total. The first-order valence-corrected chi connectivity index (χ1v) is 13.4. The Morgan fingerprint density at radius 1 is 1.12 bits per heavy atom. The van der Waals surface area contributed by atoms with Gasteiger partial charge >= 0.3 is 0 Å². The number of carbonyl (C=O) groups excluding carboxylic acids is 3. The van der Waals surface area contributed by atoms with Crippen molar-refractivity contribution < 1.29 is 19.5 Å². The van der Waals surface area contributed by atoms with Crippen LogP contribution in [0.4, 0.5) is 0 Å². The fourth-order valence-electron chi connectivity index (χ4n) is 6.80. The third-order valence-electron chi connectivity index (χ3n) is 8.30. The molecule has 4 fully saturated rings. The summed E-state index contributed by atoms with van der Waals surface area (Å²) in [7, 11) is 1.64. The van der Waals surface area contributed by atoms with Crippen LogP contribution in [0.2, 0.25) is 0 Å². The first kappa shape index (κ1) is 23.9. The summed E-state index contributed by atoms with van der Waals surface area (Å²) in [5.41, 5.74) is 0. The van der Waals surface area contributed by atoms with Gasteiger partial charge in [0.15, 0.2) is 0 Å². The number of nitrogens with one attached hydrogen (secondary N) is 2. The molecule has 0 radical (unpaired) electrons. The number of aliphatic hydroxyl groups is 1. The van der Waals surface area contributed by atoms with E-state index < -0.39 is 16.7 Å². The zero-order valence-corrected chi connectivity index (χ0v) is 20.3. The molecule has 4 rings (SSSR count). The van der Waals surface area contributed by atoms with E-state index in [1.54, 1.807) is 18.8 Å². The Morgan fingerprint density at radius 3 is 2.53 bits per heavy atom. The molecular formula is C24H39N3O4S. The van der Waals surface area contributed by atoms with Gasteiger partial charge in [-0.1, -0.05) is 39.0 Å². The molecule has 0 aromatic rings. The van der Waals surface area contributed by atoms with Gasteiger partial charge in [-0.3, -0.25) is 14.4 Å². The van der Waals surface area contributed by atoms with Crippen LogP contribution < -0.4 is 10.6 Å². The van der Waals surface area contributed by atoms with Crippen molar-refractivity contribution in [3.05, 3.63) is 0 Å². The lowest BCUT2D eigenvalue weighted by atomic mass is 9.66. The fourth-order valence-corrected chi connectivity index (χ4v) is 9.22. The highest BCUT2D eigenvalue weighted by molar-refractivity contribution is 8.02. The maximum absolute atomic E-state index is 13.8. The van der Waals surface area contributed by atoms with Crippen LogP contribution in [0.25, 0.3) is 0 Å². The van der Waals surface area contributed by atoms with Gasteiger partial charge in [-0.05, 0) is 38.0 Å². The van der Waals surface area contributed by atoms with E-state index in [9.17, 15) is 14.4 Å². The molecule has 3 heterocycles. The minimum atomic E-state index is -0.511. The summed E-state index contributed by atoms with van der Waals surface area (Å²) in [5, 5.41) is 15.2. The predicted octanol–water partition coefficient (Wildman–Crippen LogP) is 2.07. The Labute approximate surface area is 195 Å². The summed E-state index contributed by atoms with van der Waals surface area (Å²) in [4.78, 5) is 42.2. The summed E-state index contributed by atoms with van der Waals surface area (Å²) in [6, 6.07) is -0.304. The van der Waals surface area contributed by atoms with Gasteiger partial charge in [0.2, 0.25) is 17.7 Å². The van der Waals surface area contributed by atoms with E-state index in [1.165, 1.54) is 6.42 Å². The van der Waals surface area contributed by atoms with Gasteiger partial charge in [-0.25, -0.2) is 0 Å². The SMILES string of the molecule is CNC(=O)[C@@H]1[C@H]2C(=O)N(CCCCCCO)C(C(=O)NC3CCCCC3)C23S[C@@H]1CC3C. The van der Waals surface area contributed by atoms with Crippen molar-refractivity contribution in [2.24, 2.45) is 17.8 Å². The molecule has 3 aliphatic heterocycles. The smallest absolute Gasteiger partial charge is 0.244 e. The molecule has 32 heavy (non-hydrogen) atoms. The van der Waals surface area contributed by atoms with Crippen LogP contribution in [0.15, 0.2) is 0 Å². The van der Waals surface area contributed by atoms with Crippen molar-refractivity contribution in [3.63, 3.8) is 0 Å². The molecule has 8 heteroatoms. The summed E-state index contributed by atoms with van der Waals surface area (Å²) >= 11 is 1.75. The number of unbranched alkanes of at least 4 members (excludes halogenated alkanes) is 3. The molecule has 3 unspecified atom stereocenters. The molecule has 1 saturated carbocycles. The lowest BCUT2D eigenvalue weighted by Crippen LogP contribution is -2.58. The fraction of sp³-hybridized carbons (Fsp3) is 0.875. The van der Waals surface area contributed by atoms with Gasteiger partial charge in [-0.2, -0.15) is 0 Å². The van der Waals surface area contributed by atoms with Crippen LogP contribution >= 0.6 is 11.8 Å². The van der Waals surface area contributed by atoms with Crippen LogP contribution in [0.5, 0.6) is 0 Å². The Bertz CT molecular complexity index is 728. The zero-order chi connectivity index (χ0) is 22.9. The van der Waals surface area contributed by atoms with Gasteiger partial charge in [0.1, 0.15) is 6.04 Å². The highest BCUT2D eigenvalue weighted by atomic mass is 32.2. The third-order valence-corrected chi connectivity index (χ3v) is 10.4. The highest BCUT2D eigenvalue weighted by Gasteiger charge is 2.75. The molecule has 3 amide bonds. The summed E-state index contributed by atoms with van der Waals surface area (Å²) in [5.74, 6) is -0.634. The molecule has 180 valence electrons. The molecule has 0 aromatic carbocycles. The number of fused-ring (bicyclic) bond motifs is 1. The Hall–Kier alpha value is -1.28. The normalized spacial score (nSPS) is 36.4. The summed E-state index contributed by atoms with van der Waals surface area (Å²) in [6.45, 7) is 2.90. The van der Waals surface area contributed by atoms with Crippen molar-refractivity contribution in [1.82, 2.24) is 15.5 Å². The molecule has 1 aliphatic carbocycles. The minimum absolute atomic E-state index is 0.00824. The second kappa shape index (κ2) is 9.92. The lowest BCUT2D eigenvalue weighted by molar-refractivity contribution is -0.140. The van der Waals surface area contributed by atoms with Crippen molar-refractivity contribution in [1.29, 1.82) is 0 Å². The van der Waals surface area contributed by atoms with E-state index in [0.29, 0.717) is 6.54 Å². The number of hydrogen-bond donors (Lipinski definition) is 3. The average Bonchev–Trinajstić information content (AvgIpc) is 3.37. The van der Waals surface area contributed by atoms with Crippen LogP contribution in [-0.2, 0) is 14.4 Å². The van der Waals surface area contributed by atoms with E-state index in [-0.39, 0.29) is 47.5 Å². The monoisotopic (exact) mass is 465 g/mol. The highest BCUT2D eigenvalue weighted by Crippen LogP contribution is 2.68. The van der Waals surface area contributed by atoms with Crippen molar-refractivity contribution in [3.8, 4) is 0 Å². The van der Waals surface area contributed by atoms with Crippen LogP contribution in [0.3, 0.4) is 0 Å². The number of rotatable bonds is 9. The Kier molecular flexibility index (Phi) is 7.40. The van der Waals surface area contributed by atoms with E-state index in [1.807, 2.05) is 4.90 Å². The van der Waals surface area contributed by atoms with Crippen LogP contribution in [0.1, 0.15) is 71.1 Å². The topological polar surface area (TPSA) is 98.7 Å². The third kappa shape index (κ3) is 3.95. The number of hydrogen-bond acceptors (Lipinski definition) is 5. The van der Waals surface area contributed by atoms with Crippen molar-refractivity contribution in [2.75, 3.05) is 20.2 Å². The van der Waals surface area contributed by atoms with Crippen molar-refractivity contribution in [2.45, 2.75) is 93.2 Å². The number of likely N-dealkylation sites (tertiary alicyclic amines) is 1. The Balaban J connectivity index is 1.60.